The zero-order valence-electron chi connectivity index (χ0n) is 25.8. The molecule has 0 spiro atoms. The molecule has 45 heavy (non-hydrogen) atoms. The lowest BCUT2D eigenvalue weighted by Crippen LogP contribution is -2.63. The van der Waals surface area contributed by atoms with Gasteiger partial charge in [0.05, 0.1) is 18.0 Å². The SMILES string of the molecule is Cc1ccc(CC(=O)NCc2cc(N(C)C)c3c(c2O)C(=O)C2=C(O)[C@]4(O)C(=O)C(C(N)=O)=C(O)[C@@H](N(C)C)[C@H]4C[C@@H]2C3)cc1. The molecule has 0 radical (unpaired) electrons. The first-order valence-corrected chi connectivity index (χ1v) is 14.6. The molecule has 238 valence electrons. The molecule has 0 unspecified atom stereocenters. The number of nitrogens with zero attached hydrogens (tertiary/aromatic N) is 2. The summed E-state index contributed by atoms with van der Waals surface area (Å²) in [6.07, 6.45) is 0.277. The van der Waals surface area contributed by atoms with Crippen LogP contribution in [0.15, 0.2) is 53.0 Å². The van der Waals surface area contributed by atoms with Crippen LogP contribution in [0.25, 0.3) is 0 Å². The Labute approximate surface area is 260 Å². The van der Waals surface area contributed by atoms with Crippen LogP contribution < -0.4 is 16.0 Å². The molecule has 7 N–H and O–H groups in total. The lowest BCUT2D eigenvalue weighted by molar-refractivity contribution is -0.148. The highest BCUT2D eigenvalue weighted by Crippen LogP contribution is 2.53. The van der Waals surface area contributed by atoms with Crippen LogP contribution in [0.5, 0.6) is 5.75 Å². The molecule has 0 aromatic heterocycles. The van der Waals surface area contributed by atoms with Crippen LogP contribution >= 0.6 is 0 Å². The number of aryl methyl sites for hydroxylation is 1. The summed E-state index contributed by atoms with van der Waals surface area (Å²) in [6, 6.07) is 8.15. The highest BCUT2D eigenvalue weighted by molar-refractivity contribution is 6.25. The summed E-state index contributed by atoms with van der Waals surface area (Å²) in [6.45, 7) is 1.86. The number of nitrogens with two attached hydrogens (primary N) is 1. The topological polar surface area (TPSA) is 194 Å². The Bertz CT molecular complexity index is 1690. The van der Waals surface area contributed by atoms with E-state index in [0.29, 0.717) is 11.3 Å². The van der Waals surface area contributed by atoms with E-state index in [-0.39, 0.29) is 54.2 Å². The summed E-state index contributed by atoms with van der Waals surface area (Å²) >= 11 is 0. The molecule has 12 nitrogen and oxygen atoms in total. The summed E-state index contributed by atoms with van der Waals surface area (Å²) in [4.78, 5) is 55.9. The number of allylic oxidation sites excluding steroid dienone is 1. The van der Waals surface area contributed by atoms with E-state index in [1.165, 1.54) is 4.90 Å². The van der Waals surface area contributed by atoms with Gasteiger partial charge in [-0.05, 0) is 57.0 Å². The fraction of sp³-hybridized carbons (Fsp3) is 0.394. The first-order valence-electron chi connectivity index (χ1n) is 14.6. The van der Waals surface area contributed by atoms with Crippen molar-refractivity contribution in [1.29, 1.82) is 0 Å². The number of carbonyl (C=O) groups is 4. The van der Waals surface area contributed by atoms with Gasteiger partial charge in [-0.1, -0.05) is 29.8 Å². The minimum Gasteiger partial charge on any atom is -0.510 e. The number of amides is 2. The third kappa shape index (κ3) is 5.03. The number of carbonyl (C=O) groups excluding carboxylic acids is 4. The van der Waals surface area contributed by atoms with Gasteiger partial charge in [0.15, 0.2) is 11.4 Å². The number of rotatable bonds is 7. The lowest BCUT2D eigenvalue weighted by Gasteiger charge is -2.50. The number of aliphatic hydroxyl groups excluding tert-OH is 2. The molecular weight excluding hydrogens is 580 g/mol. The fourth-order valence-electron chi connectivity index (χ4n) is 7.03. The van der Waals surface area contributed by atoms with Crippen LogP contribution in [-0.4, -0.2) is 88.5 Å². The van der Waals surface area contributed by atoms with Gasteiger partial charge in [-0.2, -0.15) is 0 Å². The number of nitrogens with one attached hydrogen (secondary N) is 1. The van der Waals surface area contributed by atoms with Gasteiger partial charge in [0.2, 0.25) is 11.7 Å². The number of benzene rings is 2. The number of aliphatic hydroxyl groups is 3. The first-order chi connectivity index (χ1) is 21.1. The molecule has 0 aliphatic heterocycles. The van der Waals surface area contributed by atoms with Crippen LogP contribution in [-0.2, 0) is 33.8 Å². The Hall–Kier alpha value is -4.68. The third-order valence-electron chi connectivity index (χ3n) is 9.22. The van der Waals surface area contributed by atoms with Crippen molar-refractivity contribution in [3.63, 3.8) is 0 Å². The normalized spacial score (nSPS) is 24.3. The Morgan fingerprint density at radius 1 is 1.07 bits per heavy atom. The van der Waals surface area contributed by atoms with E-state index in [2.05, 4.69) is 5.32 Å². The van der Waals surface area contributed by atoms with E-state index < -0.39 is 58.0 Å². The summed E-state index contributed by atoms with van der Waals surface area (Å²) in [7, 11) is 6.71. The largest absolute Gasteiger partial charge is 0.510 e. The van der Waals surface area contributed by atoms with Crippen molar-refractivity contribution in [2.75, 3.05) is 33.1 Å². The van der Waals surface area contributed by atoms with Crippen molar-refractivity contribution >= 4 is 29.1 Å². The standard InChI is InChI=1S/C33H38N4O8/c1-15-6-8-16(9-7-15)10-22(38)35-14-18-13-21(36(2)3)19-11-17-12-20-26(37(4)5)29(41)25(32(34)44)31(43)33(20,45)30(42)23(17)28(40)24(19)27(18)39/h6-9,13,17,20,26,39,41-42,45H,10-12,14H2,1-5H3,(H2,34,44)(H,35,38)/t17-,20+,26-,33-/m0/s1. The number of ketones is 2. The molecule has 0 heterocycles. The van der Waals surface area contributed by atoms with Crippen LogP contribution in [0, 0.1) is 18.8 Å². The number of primary amides is 1. The predicted octanol–water partition coefficient (Wildman–Crippen LogP) is 1.35. The van der Waals surface area contributed by atoms with Gasteiger partial charge < -0.3 is 36.4 Å². The Kier molecular flexibility index (Phi) is 8.01. The van der Waals surface area contributed by atoms with Gasteiger partial charge in [-0.25, -0.2) is 0 Å². The third-order valence-corrected chi connectivity index (χ3v) is 9.22. The van der Waals surface area contributed by atoms with E-state index in [9.17, 15) is 39.6 Å². The van der Waals surface area contributed by atoms with Crippen molar-refractivity contribution in [2.45, 2.75) is 44.4 Å². The van der Waals surface area contributed by atoms with Gasteiger partial charge >= 0.3 is 0 Å². The maximum Gasteiger partial charge on any atom is 0.255 e. The minimum atomic E-state index is -2.72. The fourth-order valence-corrected chi connectivity index (χ4v) is 7.03. The molecule has 3 aliphatic rings. The summed E-state index contributed by atoms with van der Waals surface area (Å²) < 4.78 is 0. The summed E-state index contributed by atoms with van der Waals surface area (Å²) in [5.74, 6) is -7.37. The zero-order valence-corrected chi connectivity index (χ0v) is 25.8. The number of anilines is 1. The van der Waals surface area contributed by atoms with E-state index >= 15 is 0 Å². The van der Waals surface area contributed by atoms with Gasteiger partial charge in [0.25, 0.3) is 5.91 Å². The maximum atomic E-state index is 14.2. The Morgan fingerprint density at radius 2 is 1.71 bits per heavy atom. The molecule has 2 aromatic carbocycles. The maximum absolute atomic E-state index is 14.2. The van der Waals surface area contributed by atoms with Gasteiger partial charge in [0.1, 0.15) is 22.8 Å². The van der Waals surface area contributed by atoms with E-state index in [1.807, 2.05) is 31.2 Å². The predicted molar refractivity (Wildman–Crippen MR) is 165 cm³/mol. The second-order valence-electron chi connectivity index (χ2n) is 12.6. The monoisotopic (exact) mass is 618 g/mol. The van der Waals surface area contributed by atoms with Gasteiger partial charge in [0, 0.05) is 43.4 Å². The van der Waals surface area contributed by atoms with E-state index in [1.54, 1.807) is 39.2 Å². The molecule has 2 aromatic rings. The average Bonchev–Trinajstić information content (AvgIpc) is 2.95. The van der Waals surface area contributed by atoms with Crippen molar-refractivity contribution in [1.82, 2.24) is 10.2 Å². The zero-order chi connectivity index (χ0) is 33.1. The van der Waals surface area contributed by atoms with Gasteiger partial charge in [-0.3, -0.25) is 24.1 Å². The molecule has 2 amide bonds. The first kappa shape index (κ1) is 31.7. The molecule has 3 aliphatic carbocycles. The molecule has 0 bridgehead atoms. The number of phenols is 1. The van der Waals surface area contributed by atoms with Crippen molar-refractivity contribution < 1.29 is 39.6 Å². The molecule has 12 heteroatoms. The molecule has 4 atom stereocenters. The van der Waals surface area contributed by atoms with Crippen molar-refractivity contribution in [3.05, 3.63) is 80.8 Å². The minimum absolute atomic E-state index is 0.00376. The molecule has 0 fully saturated rings. The van der Waals surface area contributed by atoms with Crippen LogP contribution in [0.2, 0.25) is 0 Å². The van der Waals surface area contributed by atoms with Crippen LogP contribution in [0.4, 0.5) is 5.69 Å². The molecular formula is C33H38N4O8. The average molecular weight is 619 g/mol. The van der Waals surface area contributed by atoms with E-state index in [0.717, 1.165) is 11.1 Å². The Balaban J connectivity index is 1.56. The molecule has 0 saturated carbocycles. The quantitative estimate of drug-likeness (QED) is 0.247. The van der Waals surface area contributed by atoms with Gasteiger partial charge in [-0.15, -0.1) is 0 Å². The number of hydrogen-bond donors (Lipinski definition) is 6. The second kappa shape index (κ2) is 11.4. The van der Waals surface area contributed by atoms with E-state index in [4.69, 9.17) is 5.73 Å². The number of Topliss-reactive ketones (excluding diaryl/α,β-unsaturated/α-hetero) is 2. The van der Waals surface area contributed by atoms with Crippen molar-refractivity contribution in [2.24, 2.45) is 17.6 Å². The number of fused-ring (bicyclic) bond motifs is 3. The second-order valence-corrected chi connectivity index (χ2v) is 12.6. The van der Waals surface area contributed by atoms with Crippen LogP contribution in [0.1, 0.15) is 39.0 Å². The number of likely N-dealkylation sites (N-methyl/N-ethyl adjacent to an activating group) is 1. The molecule has 0 saturated heterocycles. The van der Waals surface area contributed by atoms with Crippen LogP contribution in [0.3, 0.4) is 0 Å². The lowest BCUT2D eigenvalue weighted by atomic mass is 9.58. The smallest absolute Gasteiger partial charge is 0.255 e. The number of hydrogen-bond acceptors (Lipinski definition) is 10. The number of aromatic hydroxyl groups is 1. The number of phenolic OH excluding ortho intramolecular Hbond substituents is 1. The highest BCUT2D eigenvalue weighted by Gasteiger charge is 2.63. The van der Waals surface area contributed by atoms with Crippen molar-refractivity contribution in [3.8, 4) is 5.75 Å². The molecule has 5 rings (SSSR count). The Morgan fingerprint density at radius 3 is 2.29 bits per heavy atom. The summed E-state index contributed by atoms with van der Waals surface area (Å²) in [5, 5.41) is 48.5. The highest BCUT2D eigenvalue weighted by atomic mass is 16.3. The summed E-state index contributed by atoms with van der Waals surface area (Å²) in [5.41, 5.74) is 4.74.